The van der Waals surface area contributed by atoms with Gasteiger partial charge in [0.15, 0.2) is 5.78 Å². The molecule has 1 aromatic heterocycles. The molecule has 1 aromatic carbocycles. The van der Waals surface area contributed by atoms with Gasteiger partial charge < -0.3 is 9.67 Å². The zero-order valence-corrected chi connectivity index (χ0v) is 9.50. The first-order valence-electron chi connectivity index (χ1n) is 5.62. The van der Waals surface area contributed by atoms with Gasteiger partial charge in [0.2, 0.25) is 0 Å². The summed E-state index contributed by atoms with van der Waals surface area (Å²) in [5.74, 6) is -0.451. The van der Waals surface area contributed by atoms with Gasteiger partial charge in [-0.1, -0.05) is 12.1 Å². The number of carbonyl (C=O) groups excluding carboxylic acids is 1. The molecule has 3 heteroatoms. The van der Waals surface area contributed by atoms with Crippen LogP contribution < -0.4 is 0 Å². The summed E-state index contributed by atoms with van der Waals surface area (Å²) >= 11 is 0. The molecule has 2 aromatic rings. The molecule has 2 atom stereocenters. The molecule has 1 aliphatic rings. The minimum atomic E-state index is -0.691. The van der Waals surface area contributed by atoms with Crippen molar-refractivity contribution in [3.05, 3.63) is 48.2 Å². The van der Waals surface area contributed by atoms with Crippen LogP contribution in [0.15, 0.2) is 42.6 Å². The number of ketones is 1. The lowest BCUT2D eigenvalue weighted by Crippen LogP contribution is -2.17. The molecule has 1 heterocycles. The summed E-state index contributed by atoms with van der Waals surface area (Å²) in [6, 6.07) is 7.90. The number of allylic oxidation sites excluding steroid dienone is 1. The summed E-state index contributed by atoms with van der Waals surface area (Å²) in [5.41, 5.74) is 2.01. The van der Waals surface area contributed by atoms with E-state index in [2.05, 4.69) is 0 Å². The van der Waals surface area contributed by atoms with E-state index in [9.17, 15) is 9.90 Å². The summed E-state index contributed by atoms with van der Waals surface area (Å²) < 4.78 is 2.03. The van der Waals surface area contributed by atoms with Crippen molar-refractivity contribution < 1.29 is 9.90 Å². The van der Waals surface area contributed by atoms with Crippen molar-refractivity contribution >= 4 is 16.7 Å². The van der Waals surface area contributed by atoms with Crippen molar-refractivity contribution in [3.63, 3.8) is 0 Å². The molecule has 17 heavy (non-hydrogen) atoms. The van der Waals surface area contributed by atoms with E-state index in [1.54, 1.807) is 6.08 Å². The Labute approximate surface area is 99.0 Å². The van der Waals surface area contributed by atoms with Gasteiger partial charge in [-0.3, -0.25) is 4.79 Å². The average molecular weight is 227 g/mol. The van der Waals surface area contributed by atoms with Crippen molar-refractivity contribution in [3.8, 4) is 0 Å². The predicted molar refractivity (Wildman–Crippen MR) is 65.8 cm³/mol. The van der Waals surface area contributed by atoms with Crippen molar-refractivity contribution in [2.24, 2.45) is 7.05 Å². The molecule has 1 aliphatic carbocycles. The molecule has 3 nitrogen and oxygen atoms in total. The Morgan fingerprint density at radius 1 is 1.29 bits per heavy atom. The average Bonchev–Trinajstić information content (AvgIpc) is 2.83. The van der Waals surface area contributed by atoms with E-state index in [4.69, 9.17) is 0 Å². The molecule has 3 rings (SSSR count). The van der Waals surface area contributed by atoms with Crippen LogP contribution in [0.5, 0.6) is 0 Å². The third-order valence-corrected chi connectivity index (χ3v) is 3.37. The zero-order valence-electron chi connectivity index (χ0n) is 9.50. The van der Waals surface area contributed by atoms with Gasteiger partial charge in [0.05, 0.1) is 12.0 Å². The van der Waals surface area contributed by atoms with Gasteiger partial charge in [0, 0.05) is 18.8 Å². The van der Waals surface area contributed by atoms with Crippen molar-refractivity contribution in [2.45, 2.75) is 12.0 Å². The normalized spacial score (nSPS) is 23.8. The van der Waals surface area contributed by atoms with E-state index in [0.717, 1.165) is 16.5 Å². The molecule has 86 valence electrons. The number of rotatable bonds is 1. The fourth-order valence-corrected chi connectivity index (χ4v) is 2.43. The summed E-state index contributed by atoms with van der Waals surface area (Å²) in [6.07, 6.45) is 4.32. The van der Waals surface area contributed by atoms with Gasteiger partial charge in [-0.2, -0.15) is 0 Å². The Kier molecular flexibility index (Phi) is 2.16. The second kappa shape index (κ2) is 3.57. The highest BCUT2D eigenvalue weighted by Gasteiger charge is 2.30. The molecule has 0 amide bonds. The minimum absolute atomic E-state index is 0.0206. The molecule has 0 bridgehead atoms. The molecule has 0 fully saturated rings. The summed E-state index contributed by atoms with van der Waals surface area (Å²) in [4.78, 5) is 11.7. The number of aryl methyl sites for hydroxylation is 1. The number of aliphatic hydroxyl groups excluding tert-OH is 1. The Bertz CT molecular complexity index is 624. The third kappa shape index (κ3) is 1.51. The lowest BCUT2D eigenvalue weighted by Gasteiger charge is -2.13. The Hall–Kier alpha value is -1.87. The van der Waals surface area contributed by atoms with E-state index < -0.39 is 12.0 Å². The summed E-state index contributed by atoms with van der Waals surface area (Å²) in [6.45, 7) is 0. The van der Waals surface area contributed by atoms with Gasteiger partial charge in [-0.15, -0.1) is 0 Å². The van der Waals surface area contributed by atoms with Crippen LogP contribution in [0, 0.1) is 0 Å². The number of hydrogen-bond donors (Lipinski definition) is 1. The first kappa shape index (κ1) is 10.3. The predicted octanol–water partition coefficient (Wildman–Crippen LogP) is 1.76. The van der Waals surface area contributed by atoms with Gasteiger partial charge in [0.25, 0.3) is 0 Å². The maximum Gasteiger partial charge on any atom is 0.165 e. The highest BCUT2D eigenvalue weighted by atomic mass is 16.3. The molecule has 1 N–H and O–H groups in total. The summed E-state index contributed by atoms with van der Waals surface area (Å²) in [7, 11) is 1.99. The fraction of sp³-hybridized carbons (Fsp3) is 0.214. The molecular formula is C14H13NO2. The van der Waals surface area contributed by atoms with Crippen LogP contribution in [-0.2, 0) is 11.8 Å². The van der Waals surface area contributed by atoms with Crippen LogP contribution in [0.2, 0.25) is 0 Å². The Morgan fingerprint density at radius 2 is 2.12 bits per heavy atom. The second-order valence-corrected chi connectivity index (χ2v) is 4.47. The first-order chi connectivity index (χ1) is 8.16. The minimum Gasteiger partial charge on any atom is -0.388 e. The second-order valence-electron chi connectivity index (χ2n) is 4.47. The van der Waals surface area contributed by atoms with Gasteiger partial charge in [0.1, 0.15) is 0 Å². The van der Waals surface area contributed by atoms with Gasteiger partial charge in [-0.05, 0) is 35.2 Å². The number of fused-ring (bicyclic) bond motifs is 1. The maximum atomic E-state index is 11.7. The number of aliphatic hydroxyl groups is 1. The van der Waals surface area contributed by atoms with E-state index in [-0.39, 0.29) is 5.78 Å². The van der Waals surface area contributed by atoms with E-state index in [1.165, 1.54) is 6.08 Å². The highest BCUT2D eigenvalue weighted by molar-refractivity contribution is 5.99. The first-order valence-corrected chi connectivity index (χ1v) is 5.62. The molecule has 1 unspecified atom stereocenters. The largest absolute Gasteiger partial charge is 0.388 e. The third-order valence-electron chi connectivity index (χ3n) is 3.37. The number of carbonyl (C=O) groups is 1. The van der Waals surface area contributed by atoms with Crippen molar-refractivity contribution in [1.82, 2.24) is 4.57 Å². The van der Waals surface area contributed by atoms with Crippen molar-refractivity contribution in [2.75, 3.05) is 0 Å². The molecular weight excluding hydrogens is 214 g/mol. The quantitative estimate of drug-likeness (QED) is 0.806. The van der Waals surface area contributed by atoms with Crippen LogP contribution in [0.1, 0.15) is 11.5 Å². The number of nitrogens with zero attached hydrogens (tertiary/aromatic N) is 1. The van der Waals surface area contributed by atoms with Crippen LogP contribution in [0.25, 0.3) is 10.9 Å². The molecule has 0 saturated carbocycles. The lowest BCUT2D eigenvalue weighted by molar-refractivity contribution is -0.116. The van der Waals surface area contributed by atoms with Crippen LogP contribution >= 0.6 is 0 Å². The monoisotopic (exact) mass is 227 g/mol. The highest BCUT2D eigenvalue weighted by Crippen LogP contribution is 2.29. The maximum absolute atomic E-state index is 11.7. The van der Waals surface area contributed by atoms with Crippen LogP contribution in [0.3, 0.4) is 0 Å². The van der Waals surface area contributed by atoms with Gasteiger partial charge in [-0.25, -0.2) is 0 Å². The smallest absolute Gasteiger partial charge is 0.165 e. The molecule has 0 radical (unpaired) electrons. The van der Waals surface area contributed by atoms with Gasteiger partial charge >= 0.3 is 0 Å². The van der Waals surface area contributed by atoms with Crippen LogP contribution in [0.4, 0.5) is 0 Å². The molecule has 0 saturated heterocycles. The lowest BCUT2D eigenvalue weighted by atomic mass is 9.93. The summed E-state index contributed by atoms with van der Waals surface area (Å²) in [5, 5.41) is 10.9. The van der Waals surface area contributed by atoms with E-state index in [0.29, 0.717) is 0 Å². The van der Waals surface area contributed by atoms with E-state index in [1.807, 2.05) is 42.1 Å². The number of aromatic nitrogens is 1. The molecule has 0 spiro atoms. The standard InChI is InChI=1S/C14H13NO2/c1-15-7-6-9-8-10(2-3-11(9)15)14-12(16)4-5-13(14)17/h2-8,12,14,16H,1H3/t12-,14?/m0/s1. The van der Waals surface area contributed by atoms with Crippen LogP contribution in [-0.4, -0.2) is 21.6 Å². The Balaban J connectivity index is 2.09. The topological polar surface area (TPSA) is 42.2 Å². The Morgan fingerprint density at radius 3 is 2.82 bits per heavy atom. The SMILES string of the molecule is Cn1ccc2cc(C3C(=O)C=C[C@@H]3O)ccc21. The fourth-order valence-electron chi connectivity index (χ4n) is 2.43. The van der Waals surface area contributed by atoms with E-state index >= 15 is 0 Å². The number of hydrogen-bond acceptors (Lipinski definition) is 2. The molecule has 0 aliphatic heterocycles. The van der Waals surface area contributed by atoms with Crippen molar-refractivity contribution in [1.29, 1.82) is 0 Å². The number of benzene rings is 1. The zero-order chi connectivity index (χ0) is 12.0.